The van der Waals surface area contributed by atoms with E-state index in [2.05, 4.69) is 0 Å². The van der Waals surface area contributed by atoms with Crippen LogP contribution in [-0.2, 0) is 11.3 Å². The molecule has 1 unspecified atom stereocenters. The highest BCUT2D eigenvalue weighted by molar-refractivity contribution is 5.86. The molecule has 1 heterocycles. The first-order valence-corrected chi connectivity index (χ1v) is 6.88. The summed E-state index contributed by atoms with van der Waals surface area (Å²) in [4.78, 5) is 23.2. The molecule has 2 aromatic rings. The molecule has 0 saturated heterocycles. The first-order chi connectivity index (χ1) is 10.5. The fourth-order valence-corrected chi connectivity index (χ4v) is 2.86. The molecule has 0 saturated carbocycles. The maximum absolute atomic E-state index is 13.6. The lowest BCUT2D eigenvalue weighted by atomic mass is 9.94. The summed E-state index contributed by atoms with van der Waals surface area (Å²) in [5.41, 5.74) is 0.00512. The van der Waals surface area contributed by atoms with Crippen LogP contribution in [0.1, 0.15) is 24.3 Å². The van der Waals surface area contributed by atoms with Gasteiger partial charge in [0.1, 0.15) is 6.54 Å². The summed E-state index contributed by atoms with van der Waals surface area (Å²) in [5.74, 6) is -3.35. The molecule has 114 valence electrons. The number of nitrogens with zero attached hydrogens (tertiary/aromatic N) is 1. The van der Waals surface area contributed by atoms with E-state index in [1.807, 2.05) is 12.2 Å². The predicted octanol–water partition coefficient (Wildman–Crippen LogP) is 2.80. The number of hydrogen-bond donors (Lipinski definition) is 1. The number of carbonyl (C=O) groups is 1. The third-order valence-electron chi connectivity index (χ3n) is 3.88. The summed E-state index contributed by atoms with van der Waals surface area (Å²) in [5, 5.41) is 9.24. The Kier molecular flexibility index (Phi) is 3.52. The summed E-state index contributed by atoms with van der Waals surface area (Å²) >= 11 is 0. The van der Waals surface area contributed by atoms with Crippen molar-refractivity contribution in [2.75, 3.05) is 0 Å². The Morgan fingerprint density at radius 2 is 1.95 bits per heavy atom. The highest BCUT2D eigenvalue weighted by Crippen LogP contribution is 2.33. The summed E-state index contributed by atoms with van der Waals surface area (Å²) < 4.78 is 28.1. The number of carboxylic acid groups (broad SMARTS) is 1. The van der Waals surface area contributed by atoms with Crippen LogP contribution in [0.5, 0.6) is 0 Å². The van der Waals surface area contributed by atoms with Crippen molar-refractivity contribution in [3.63, 3.8) is 0 Å². The molecule has 0 spiro atoms. The maximum atomic E-state index is 13.6. The minimum Gasteiger partial charge on any atom is -0.480 e. The molecule has 6 heteroatoms. The van der Waals surface area contributed by atoms with Crippen LogP contribution in [0.3, 0.4) is 0 Å². The van der Waals surface area contributed by atoms with Gasteiger partial charge in [0.15, 0.2) is 11.6 Å². The lowest BCUT2D eigenvalue weighted by Crippen LogP contribution is -2.25. The van der Waals surface area contributed by atoms with E-state index < -0.39 is 29.7 Å². The van der Waals surface area contributed by atoms with E-state index in [9.17, 15) is 18.4 Å². The quantitative estimate of drug-likeness (QED) is 0.887. The zero-order valence-corrected chi connectivity index (χ0v) is 11.6. The van der Waals surface area contributed by atoms with Gasteiger partial charge in [-0.05, 0) is 35.9 Å². The molecule has 3 rings (SSSR count). The fourth-order valence-electron chi connectivity index (χ4n) is 2.86. The second-order valence-corrected chi connectivity index (χ2v) is 5.34. The molecule has 1 aliphatic rings. The zero-order chi connectivity index (χ0) is 15.9. The maximum Gasteiger partial charge on any atom is 0.323 e. The summed E-state index contributed by atoms with van der Waals surface area (Å²) in [6.45, 7) is -0.517. The second kappa shape index (κ2) is 5.36. The minimum absolute atomic E-state index is 0.00190. The molecule has 1 atom stereocenters. The first-order valence-electron chi connectivity index (χ1n) is 6.88. The topological polar surface area (TPSA) is 59.3 Å². The molecule has 22 heavy (non-hydrogen) atoms. The highest BCUT2D eigenvalue weighted by Gasteiger charge is 2.20. The summed E-state index contributed by atoms with van der Waals surface area (Å²) in [7, 11) is 0. The number of aliphatic carboxylic acids is 1. The van der Waals surface area contributed by atoms with E-state index in [4.69, 9.17) is 5.11 Å². The third kappa shape index (κ3) is 2.41. The second-order valence-electron chi connectivity index (χ2n) is 5.34. The van der Waals surface area contributed by atoms with Gasteiger partial charge in [-0.3, -0.25) is 9.59 Å². The summed E-state index contributed by atoms with van der Waals surface area (Å²) in [6, 6.07) is 1.85. The van der Waals surface area contributed by atoms with Crippen molar-refractivity contribution in [2.45, 2.75) is 25.3 Å². The van der Waals surface area contributed by atoms with Crippen molar-refractivity contribution in [1.29, 1.82) is 0 Å². The number of benzene rings is 1. The van der Waals surface area contributed by atoms with E-state index in [0.29, 0.717) is 10.9 Å². The van der Waals surface area contributed by atoms with Crippen molar-refractivity contribution >= 4 is 16.7 Å². The zero-order valence-electron chi connectivity index (χ0n) is 11.6. The van der Waals surface area contributed by atoms with Crippen LogP contribution >= 0.6 is 0 Å². The number of fused-ring (bicyclic) bond motifs is 1. The Hall–Kier alpha value is -2.50. The number of rotatable bonds is 3. The van der Waals surface area contributed by atoms with E-state index in [-0.39, 0.29) is 11.3 Å². The number of carboxylic acids is 1. The molecule has 0 bridgehead atoms. The smallest absolute Gasteiger partial charge is 0.323 e. The van der Waals surface area contributed by atoms with Crippen LogP contribution in [0.15, 0.2) is 35.3 Å². The van der Waals surface area contributed by atoms with Crippen molar-refractivity contribution in [3.8, 4) is 0 Å². The van der Waals surface area contributed by atoms with Crippen molar-refractivity contribution in [2.24, 2.45) is 0 Å². The molecule has 1 aromatic heterocycles. The number of hydrogen-bond acceptors (Lipinski definition) is 2. The predicted molar refractivity (Wildman–Crippen MR) is 76.9 cm³/mol. The minimum atomic E-state index is -1.17. The van der Waals surface area contributed by atoms with Crippen molar-refractivity contribution in [1.82, 2.24) is 4.57 Å². The Morgan fingerprint density at radius 3 is 2.55 bits per heavy atom. The number of halogens is 2. The highest BCUT2D eigenvalue weighted by atomic mass is 19.2. The SMILES string of the molecule is O=C(O)Cn1cc(C2C=CCC2)c2cc(F)c(F)cc2c1=O. The lowest BCUT2D eigenvalue weighted by molar-refractivity contribution is -0.137. The molecular formula is C16H13F2NO3. The Balaban J connectivity index is 2.33. The van der Waals surface area contributed by atoms with Crippen molar-refractivity contribution < 1.29 is 18.7 Å². The molecule has 4 nitrogen and oxygen atoms in total. The first kappa shape index (κ1) is 14.4. The number of pyridine rings is 1. The van der Waals surface area contributed by atoms with Gasteiger partial charge in [0.05, 0.1) is 5.39 Å². The van der Waals surface area contributed by atoms with Gasteiger partial charge in [0.2, 0.25) is 0 Å². The normalized spacial score (nSPS) is 17.3. The van der Waals surface area contributed by atoms with E-state index in [0.717, 1.165) is 29.5 Å². The van der Waals surface area contributed by atoms with Gasteiger partial charge in [0.25, 0.3) is 5.56 Å². The molecule has 1 N–H and O–H groups in total. The third-order valence-corrected chi connectivity index (χ3v) is 3.88. The van der Waals surface area contributed by atoms with Gasteiger partial charge in [0, 0.05) is 12.1 Å². The van der Waals surface area contributed by atoms with Crippen LogP contribution < -0.4 is 5.56 Å². The van der Waals surface area contributed by atoms with Gasteiger partial charge >= 0.3 is 5.97 Å². The van der Waals surface area contributed by atoms with Crippen LogP contribution in [0.4, 0.5) is 8.78 Å². The Morgan fingerprint density at radius 1 is 1.27 bits per heavy atom. The average Bonchev–Trinajstić information content (AvgIpc) is 2.98. The van der Waals surface area contributed by atoms with Gasteiger partial charge < -0.3 is 9.67 Å². The van der Waals surface area contributed by atoms with Crippen LogP contribution in [0.2, 0.25) is 0 Å². The van der Waals surface area contributed by atoms with Gasteiger partial charge in [-0.25, -0.2) is 8.78 Å². The largest absolute Gasteiger partial charge is 0.480 e. The summed E-state index contributed by atoms with van der Waals surface area (Å²) in [6.07, 6.45) is 7.00. The molecule has 1 aliphatic carbocycles. The fraction of sp³-hybridized carbons (Fsp3) is 0.250. The Bertz CT molecular complexity index is 855. The van der Waals surface area contributed by atoms with Gasteiger partial charge in [-0.15, -0.1) is 0 Å². The molecule has 0 aliphatic heterocycles. The van der Waals surface area contributed by atoms with Gasteiger partial charge in [-0.2, -0.15) is 0 Å². The van der Waals surface area contributed by atoms with E-state index >= 15 is 0 Å². The molecule has 0 radical (unpaired) electrons. The standard InChI is InChI=1S/C16H13F2NO3/c17-13-5-10-11(6-14(13)18)16(22)19(8-15(20)21)7-12(10)9-3-1-2-4-9/h1,3,5-7,9H,2,4,8H2,(H,20,21). The van der Waals surface area contributed by atoms with Crippen molar-refractivity contribution in [3.05, 3.63) is 58.0 Å². The average molecular weight is 305 g/mol. The van der Waals surface area contributed by atoms with Crippen LogP contribution in [-0.4, -0.2) is 15.6 Å². The van der Waals surface area contributed by atoms with Crippen LogP contribution in [0, 0.1) is 11.6 Å². The number of aromatic nitrogens is 1. The van der Waals surface area contributed by atoms with E-state index in [1.165, 1.54) is 6.20 Å². The van der Waals surface area contributed by atoms with E-state index in [1.54, 1.807) is 0 Å². The molecular weight excluding hydrogens is 292 g/mol. The monoisotopic (exact) mass is 305 g/mol. The Labute approximate surface area is 124 Å². The van der Waals surface area contributed by atoms with Gasteiger partial charge in [-0.1, -0.05) is 12.2 Å². The molecule has 1 aromatic carbocycles. The number of allylic oxidation sites excluding steroid dienone is 2. The molecule has 0 amide bonds. The lowest BCUT2D eigenvalue weighted by Gasteiger charge is -2.15. The molecule has 0 fully saturated rings. The van der Waals surface area contributed by atoms with Crippen LogP contribution in [0.25, 0.3) is 10.8 Å².